The molecule has 0 saturated carbocycles. The van der Waals surface area contributed by atoms with Crippen LogP contribution in [0.2, 0.25) is 0 Å². The largest absolute Gasteiger partial charge is 0.495 e. The van der Waals surface area contributed by atoms with Crippen molar-refractivity contribution in [2.75, 3.05) is 25.5 Å². The second kappa shape index (κ2) is 10.7. The quantitative estimate of drug-likeness (QED) is 0.485. The van der Waals surface area contributed by atoms with Crippen LogP contribution >= 0.6 is 0 Å². The number of carbonyl (C=O) groups is 1. The van der Waals surface area contributed by atoms with Crippen LogP contribution in [-0.4, -0.2) is 36.2 Å². The first-order valence-corrected chi connectivity index (χ1v) is 9.87. The summed E-state index contributed by atoms with van der Waals surface area (Å²) in [5, 5.41) is 14.8. The van der Waals surface area contributed by atoms with Gasteiger partial charge in [-0.05, 0) is 54.9 Å². The molecule has 0 aliphatic carbocycles. The van der Waals surface area contributed by atoms with Gasteiger partial charge in [0.15, 0.2) is 0 Å². The van der Waals surface area contributed by atoms with E-state index in [9.17, 15) is 10.1 Å². The predicted octanol–water partition coefficient (Wildman–Crippen LogP) is 3.08. The minimum absolute atomic E-state index is 0.256. The number of aromatic nitrogens is 2. The molecule has 0 radical (unpaired) electrons. The number of nitrogens with one attached hydrogen (secondary N) is 2. The summed E-state index contributed by atoms with van der Waals surface area (Å²) in [6, 6.07) is 16.6. The molecule has 0 saturated heterocycles. The Morgan fingerprint density at radius 2 is 2.00 bits per heavy atom. The van der Waals surface area contributed by atoms with Crippen LogP contribution in [0.5, 0.6) is 5.75 Å². The number of nitriles is 1. The highest BCUT2D eigenvalue weighted by molar-refractivity contribution is 5.89. The van der Waals surface area contributed by atoms with E-state index in [-0.39, 0.29) is 6.03 Å². The fraction of sp³-hybridized carbons (Fsp3) is 0.217. The number of anilines is 1. The fourth-order valence-corrected chi connectivity index (χ4v) is 2.97. The summed E-state index contributed by atoms with van der Waals surface area (Å²) in [6.07, 6.45) is 2.98. The van der Waals surface area contributed by atoms with E-state index in [4.69, 9.17) is 10.5 Å². The van der Waals surface area contributed by atoms with Crippen molar-refractivity contribution in [2.24, 2.45) is 5.73 Å². The predicted molar refractivity (Wildman–Crippen MR) is 119 cm³/mol. The summed E-state index contributed by atoms with van der Waals surface area (Å²) in [6.45, 7) is 1.08. The Morgan fingerprint density at radius 1 is 1.19 bits per heavy atom. The van der Waals surface area contributed by atoms with Gasteiger partial charge in [-0.2, -0.15) is 5.26 Å². The van der Waals surface area contributed by atoms with Crippen molar-refractivity contribution in [1.82, 2.24) is 15.3 Å². The summed E-state index contributed by atoms with van der Waals surface area (Å²) >= 11 is 0. The molecular formula is C23H24N6O2. The lowest BCUT2D eigenvalue weighted by Crippen LogP contribution is -2.30. The van der Waals surface area contributed by atoms with E-state index in [1.54, 1.807) is 18.3 Å². The molecule has 0 aliphatic heterocycles. The van der Waals surface area contributed by atoms with Gasteiger partial charge in [0.1, 0.15) is 17.6 Å². The van der Waals surface area contributed by atoms with Gasteiger partial charge >= 0.3 is 6.03 Å². The number of nitrogens with two attached hydrogens (primary N) is 1. The van der Waals surface area contributed by atoms with E-state index in [1.165, 1.54) is 7.11 Å². The highest BCUT2D eigenvalue weighted by atomic mass is 16.5. The zero-order valence-corrected chi connectivity index (χ0v) is 17.3. The third-order valence-electron chi connectivity index (χ3n) is 4.56. The smallest absolute Gasteiger partial charge is 0.319 e. The van der Waals surface area contributed by atoms with Crippen LogP contribution in [0.25, 0.3) is 11.3 Å². The first-order valence-electron chi connectivity index (χ1n) is 9.87. The van der Waals surface area contributed by atoms with Crippen molar-refractivity contribution in [2.45, 2.75) is 12.8 Å². The molecule has 31 heavy (non-hydrogen) atoms. The van der Waals surface area contributed by atoms with E-state index in [1.807, 2.05) is 36.4 Å². The second-order valence-corrected chi connectivity index (χ2v) is 6.78. The Bertz CT molecular complexity index is 1080. The van der Waals surface area contributed by atoms with Gasteiger partial charge in [0.2, 0.25) is 0 Å². The maximum atomic E-state index is 11.8. The SMILES string of the molecule is COc1ccc(-c2ccnc(Cc3ccc(NC(=O)NCCCN)cc3)n2)cc1C#N. The average molecular weight is 416 g/mol. The van der Waals surface area contributed by atoms with Crippen molar-refractivity contribution in [3.63, 3.8) is 0 Å². The molecule has 8 heteroatoms. The number of ether oxygens (including phenoxy) is 1. The van der Waals surface area contributed by atoms with Gasteiger partial charge in [-0.25, -0.2) is 14.8 Å². The normalized spacial score (nSPS) is 10.2. The van der Waals surface area contributed by atoms with Gasteiger partial charge in [-0.15, -0.1) is 0 Å². The molecule has 1 heterocycles. The lowest BCUT2D eigenvalue weighted by molar-refractivity contribution is 0.252. The standard InChI is InChI=1S/C23H24N6O2/c1-31-21-8-5-17(14-18(21)15-25)20-9-12-26-22(29-20)13-16-3-6-19(7-4-16)28-23(30)27-11-2-10-24/h3-9,12,14H,2,10-11,13,24H2,1H3,(H2,27,28,30). The van der Waals surface area contributed by atoms with Crippen LogP contribution in [0.15, 0.2) is 54.7 Å². The molecule has 0 unspecified atom stereocenters. The number of nitrogens with zero attached hydrogens (tertiary/aromatic N) is 3. The average Bonchev–Trinajstić information content (AvgIpc) is 2.80. The molecule has 0 atom stereocenters. The molecule has 2 amide bonds. The third-order valence-corrected chi connectivity index (χ3v) is 4.56. The molecule has 0 spiro atoms. The number of methoxy groups -OCH3 is 1. The molecule has 3 aromatic rings. The number of hydrogen-bond donors (Lipinski definition) is 3. The number of benzene rings is 2. The monoisotopic (exact) mass is 416 g/mol. The Morgan fingerprint density at radius 3 is 2.71 bits per heavy atom. The van der Waals surface area contributed by atoms with Gasteiger partial charge < -0.3 is 21.1 Å². The highest BCUT2D eigenvalue weighted by Gasteiger charge is 2.08. The lowest BCUT2D eigenvalue weighted by Gasteiger charge is -2.09. The van der Waals surface area contributed by atoms with Crippen molar-refractivity contribution < 1.29 is 9.53 Å². The summed E-state index contributed by atoms with van der Waals surface area (Å²) < 4.78 is 5.20. The first kappa shape index (κ1) is 21.7. The zero-order valence-electron chi connectivity index (χ0n) is 17.3. The van der Waals surface area contributed by atoms with Crippen LogP contribution in [0.1, 0.15) is 23.4 Å². The molecule has 2 aromatic carbocycles. The van der Waals surface area contributed by atoms with Gasteiger partial charge in [-0.3, -0.25) is 0 Å². The Kier molecular flexibility index (Phi) is 7.51. The number of carbonyl (C=O) groups excluding carboxylic acids is 1. The number of amides is 2. The lowest BCUT2D eigenvalue weighted by atomic mass is 10.1. The molecule has 0 aliphatic rings. The van der Waals surface area contributed by atoms with Crippen LogP contribution in [0, 0.1) is 11.3 Å². The van der Waals surface area contributed by atoms with E-state index >= 15 is 0 Å². The van der Waals surface area contributed by atoms with Gasteiger partial charge in [-0.1, -0.05) is 12.1 Å². The number of hydrogen-bond acceptors (Lipinski definition) is 6. The highest BCUT2D eigenvalue weighted by Crippen LogP contribution is 2.25. The minimum Gasteiger partial charge on any atom is -0.495 e. The Hall–Kier alpha value is -3.96. The Labute approximate surface area is 181 Å². The molecular weight excluding hydrogens is 392 g/mol. The fourth-order valence-electron chi connectivity index (χ4n) is 2.97. The number of urea groups is 1. The topological polar surface area (TPSA) is 126 Å². The van der Waals surface area contributed by atoms with E-state index < -0.39 is 0 Å². The zero-order chi connectivity index (χ0) is 22.1. The van der Waals surface area contributed by atoms with Crippen LogP contribution in [-0.2, 0) is 6.42 Å². The summed E-state index contributed by atoms with van der Waals surface area (Å²) in [5.74, 6) is 1.19. The minimum atomic E-state index is -0.256. The molecule has 158 valence electrons. The van der Waals surface area contributed by atoms with Crippen molar-refractivity contribution in [3.05, 3.63) is 71.7 Å². The van der Waals surface area contributed by atoms with Gasteiger partial charge in [0.05, 0.1) is 18.4 Å². The molecule has 8 nitrogen and oxygen atoms in total. The van der Waals surface area contributed by atoms with Crippen LogP contribution in [0.3, 0.4) is 0 Å². The third kappa shape index (κ3) is 6.01. The van der Waals surface area contributed by atoms with Gasteiger partial charge in [0.25, 0.3) is 0 Å². The van der Waals surface area contributed by atoms with Crippen molar-refractivity contribution in [3.8, 4) is 23.1 Å². The van der Waals surface area contributed by atoms with Crippen molar-refractivity contribution >= 4 is 11.7 Å². The maximum Gasteiger partial charge on any atom is 0.319 e. The maximum absolute atomic E-state index is 11.8. The molecule has 0 bridgehead atoms. The first-order chi connectivity index (χ1) is 15.1. The number of rotatable bonds is 8. The summed E-state index contributed by atoms with van der Waals surface area (Å²) in [4.78, 5) is 20.8. The molecule has 1 aromatic heterocycles. The summed E-state index contributed by atoms with van der Waals surface area (Å²) in [5.41, 5.74) is 9.13. The van der Waals surface area contributed by atoms with E-state index in [0.29, 0.717) is 42.3 Å². The van der Waals surface area contributed by atoms with Crippen LogP contribution < -0.4 is 21.1 Å². The van der Waals surface area contributed by atoms with E-state index in [2.05, 4.69) is 26.7 Å². The molecule has 3 rings (SSSR count). The molecule has 4 N–H and O–H groups in total. The second-order valence-electron chi connectivity index (χ2n) is 6.78. The van der Waals surface area contributed by atoms with Crippen molar-refractivity contribution in [1.29, 1.82) is 5.26 Å². The van der Waals surface area contributed by atoms with Gasteiger partial charge in [0, 0.05) is 30.4 Å². The van der Waals surface area contributed by atoms with E-state index in [0.717, 1.165) is 23.2 Å². The Balaban J connectivity index is 1.67. The molecule has 0 fully saturated rings. The summed E-state index contributed by atoms with van der Waals surface area (Å²) in [7, 11) is 1.54. The van der Waals surface area contributed by atoms with Crippen LogP contribution in [0.4, 0.5) is 10.5 Å².